The summed E-state index contributed by atoms with van der Waals surface area (Å²) in [7, 11) is -3.13. The van der Waals surface area contributed by atoms with Crippen molar-refractivity contribution in [2.75, 3.05) is 18.1 Å². The van der Waals surface area contributed by atoms with E-state index in [-0.39, 0.29) is 29.3 Å². The van der Waals surface area contributed by atoms with Crippen LogP contribution in [-0.4, -0.2) is 55.4 Å². The number of ether oxygens (including phenoxy) is 1. The zero-order valence-corrected chi connectivity index (χ0v) is 17.1. The number of rotatable bonds is 6. The fraction of sp³-hybridized carbons (Fsp3) is 0.500. The van der Waals surface area contributed by atoms with E-state index in [1.807, 2.05) is 32.0 Å². The van der Waals surface area contributed by atoms with Gasteiger partial charge in [0.25, 0.3) is 5.91 Å². The molecule has 1 amide bonds. The summed E-state index contributed by atoms with van der Waals surface area (Å²) in [6.07, 6.45) is 1.09. The van der Waals surface area contributed by atoms with Gasteiger partial charge in [0.1, 0.15) is 5.58 Å². The molecule has 1 aromatic heterocycles. The molecule has 0 unspecified atom stereocenters. The summed E-state index contributed by atoms with van der Waals surface area (Å²) in [5, 5.41) is 0.818. The molecule has 0 radical (unpaired) electrons. The number of furan rings is 1. The van der Waals surface area contributed by atoms with Crippen LogP contribution in [0.2, 0.25) is 0 Å². The average Bonchev–Trinajstić information content (AvgIpc) is 3.19. The van der Waals surface area contributed by atoms with Gasteiger partial charge in [-0.3, -0.25) is 4.79 Å². The number of esters is 1. The smallest absolute Gasteiger partial charge is 0.375 e. The Morgan fingerprint density at radius 2 is 2.04 bits per heavy atom. The Labute approximate surface area is 164 Å². The molecule has 1 aliphatic heterocycles. The second-order valence-corrected chi connectivity index (χ2v) is 9.47. The van der Waals surface area contributed by atoms with E-state index >= 15 is 0 Å². The van der Waals surface area contributed by atoms with Gasteiger partial charge in [-0.1, -0.05) is 25.1 Å². The van der Waals surface area contributed by atoms with E-state index in [4.69, 9.17) is 9.15 Å². The Balaban J connectivity index is 1.71. The van der Waals surface area contributed by atoms with Crippen molar-refractivity contribution in [3.63, 3.8) is 0 Å². The summed E-state index contributed by atoms with van der Waals surface area (Å²) < 4.78 is 34.4. The SMILES string of the molecule is CC[C@@H](C)N(C(=O)COC(=O)c1oc2ccccc2c1C)[C@@H]1CCS(=O)(=O)C1. The van der Waals surface area contributed by atoms with Gasteiger partial charge < -0.3 is 14.1 Å². The van der Waals surface area contributed by atoms with Crippen LogP contribution in [0, 0.1) is 6.92 Å². The van der Waals surface area contributed by atoms with E-state index in [0.717, 1.165) is 5.39 Å². The molecule has 3 rings (SSSR count). The molecule has 1 aliphatic rings. The Bertz CT molecular complexity index is 993. The number of aryl methyl sites for hydroxylation is 1. The van der Waals surface area contributed by atoms with Crippen molar-refractivity contribution in [2.45, 2.75) is 45.7 Å². The molecular weight excluding hydrogens is 382 g/mol. The Morgan fingerprint density at radius 1 is 1.32 bits per heavy atom. The van der Waals surface area contributed by atoms with Crippen molar-refractivity contribution in [1.82, 2.24) is 4.90 Å². The number of carbonyl (C=O) groups is 2. The molecule has 152 valence electrons. The highest BCUT2D eigenvalue weighted by atomic mass is 32.2. The van der Waals surface area contributed by atoms with Crippen molar-refractivity contribution < 1.29 is 27.2 Å². The molecule has 28 heavy (non-hydrogen) atoms. The van der Waals surface area contributed by atoms with E-state index < -0.39 is 28.3 Å². The van der Waals surface area contributed by atoms with E-state index in [0.29, 0.717) is 24.0 Å². The topological polar surface area (TPSA) is 93.9 Å². The number of hydrogen-bond acceptors (Lipinski definition) is 6. The lowest BCUT2D eigenvalue weighted by Gasteiger charge is -2.33. The van der Waals surface area contributed by atoms with Crippen molar-refractivity contribution in [1.29, 1.82) is 0 Å². The summed E-state index contributed by atoms with van der Waals surface area (Å²) in [6, 6.07) is 6.75. The second kappa shape index (κ2) is 7.95. The van der Waals surface area contributed by atoms with Gasteiger partial charge in [0.2, 0.25) is 5.76 Å². The molecule has 8 heteroatoms. The Morgan fingerprint density at radius 3 is 2.64 bits per heavy atom. The van der Waals surface area contributed by atoms with Gasteiger partial charge in [-0.25, -0.2) is 13.2 Å². The largest absolute Gasteiger partial charge is 0.450 e. The molecule has 7 nitrogen and oxygen atoms in total. The number of para-hydroxylation sites is 1. The number of hydrogen-bond donors (Lipinski definition) is 0. The average molecular weight is 407 g/mol. The first-order valence-corrected chi connectivity index (χ1v) is 11.2. The van der Waals surface area contributed by atoms with Gasteiger partial charge in [0, 0.05) is 23.0 Å². The van der Waals surface area contributed by atoms with E-state index in [9.17, 15) is 18.0 Å². The quantitative estimate of drug-likeness (QED) is 0.684. The highest BCUT2D eigenvalue weighted by molar-refractivity contribution is 7.91. The first-order valence-electron chi connectivity index (χ1n) is 9.40. The summed E-state index contributed by atoms with van der Waals surface area (Å²) in [6.45, 7) is 5.11. The highest BCUT2D eigenvalue weighted by Gasteiger charge is 2.37. The molecule has 1 saturated heterocycles. The van der Waals surface area contributed by atoms with Crippen LogP contribution < -0.4 is 0 Å². The van der Waals surface area contributed by atoms with E-state index in [1.165, 1.54) is 0 Å². The highest BCUT2D eigenvalue weighted by Crippen LogP contribution is 2.26. The molecule has 2 aromatic rings. The monoisotopic (exact) mass is 407 g/mol. The molecule has 1 fully saturated rings. The minimum Gasteiger partial charge on any atom is -0.450 e. The fourth-order valence-corrected chi connectivity index (χ4v) is 5.35. The predicted molar refractivity (Wildman–Crippen MR) is 105 cm³/mol. The summed E-state index contributed by atoms with van der Waals surface area (Å²) in [5.41, 5.74) is 1.24. The van der Waals surface area contributed by atoms with Gasteiger partial charge in [-0.2, -0.15) is 0 Å². The van der Waals surface area contributed by atoms with Gasteiger partial charge in [0.15, 0.2) is 16.4 Å². The van der Waals surface area contributed by atoms with Crippen molar-refractivity contribution in [2.24, 2.45) is 0 Å². The normalized spacial score (nSPS) is 19.5. The van der Waals surface area contributed by atoms with Crippen LogP contribution in [-0.2, 0) is 19.4 Å². The molecule has 0 N–H and O–H groups in total. The molecule has 0 spiro atoms. The van der Waals surface area contributed by atoms with Crippen LogP contribution in [0.25, 0.3) is 11.0 Å². The lowest BCUT2D eigenvalue weighted by Crippen LogP contribution is -2.48. The number of sulfone groups is 1. The predicted octanol–water partition coefficient (Wildman–Crippen LogP) is 2.71. The summed E-state index contributed by atoms with van der Waals surface area (Å²) >= 11 is 0. The third-order valence-electron chi connectivity index (χ3n) is 5.31. The maximum absolute atomic E-state index is 12.8. The van der Waals surface area contributed by atoms with Crippen LogP contribution in [0.1, 0.15) is 42.8 Å². The minimum atomic E-state index is -3.13. The van der Waals surface area contributed by atoms with Gasteiger partial charge in [-0.15, -0.1) is 0 Å². The van der Waals surface area contributed by atoms with Crippen LogP contribution in [0.5, 0.6) is 0 Å². The molecular formula is C20H25NO6S. The Hall–Kier alpha value is -2.35. The Kier molecular flexibility index (Phi) is 5.79. The van der Waals surface area contributed by atoms with E-state index in [1.54, 1.807) is 17.9 Å². The molecule has 0 saturated carbocycles. The van der Waals surface area contributed by atoms with Crippen molar-refractivity contribution in [3.05, 3.63) is 35.6 Å². The van der Waals surface area contributed by atoms with Gasteiger partial charge in [-0.05, 0) is 32.8 Å². The third-order valence-corrected chi connectivity index (χ3v) is 7.06. The first-order chi connectivity index (χ1) is 13.2. The summed E-state index contributed by atoms with van der Waals surface area (Å²) in [4.78, 5) is 26.8. The number of nitrogens with zero attached hydrogens (tertiary/aromatic N) is 1. The standard InChI is InChI=1S/C20H25NO6S/c1-4-13(2)21(15-9-10-28(24,25)12-15)18(22)11-26-20(23)19-14(3)16-7-5-6-8-17(16)27-19/h5-8,13,15H,4,9-12H2,1-3H3/t13-,15-/m1/s1. The van der Waals surface area contributed by atoms with E-state index in [2.05, 4.69) is 0 Å². The van der Waals surface area contributed by atoms with Gasteiger partial charge >= 0.3 is 5.97 Å². The van der Waals surface area contributed by atoms with Crippen molar-refractivity contribution in [3.8, 4) is 0 Å². The number of carbonyl (C=O) groups excluding carboxylic acids is 2. The first kappa shape index (κ1) is 20.4. The van der Waals surface area contributed by atoms with Crippen LogP contribution in [0.4, 0.5) is 0 Å². The molecule has 1 aromatic carbocycles. The lowest BCUT2D eigenvalue weighted by atomic mass is 10.1. The zero-order valence-electron chi connectivity index (χ0n) is 16.3. The lowest BCUT2D eigenvalue weighted by molar-refractivity contribution is -0.138. The number of fused-ring (bicyclic) bond motifs is 1. The van der Waals surface area contributed by atoms with Crippen LogP contribution in [0.3, 0.4) is 0 Å². The number of benzene rings is 1. The maximum Gasteiger partial charge on any atom is 0.375 e. The second-order valence-electron chi connectivity index (χ2n) is 7.24. The summed E-state index contributed by atoms with van der Waals surface area (Å²) in [5.74, 6) is -0.980. The maximum atomic E-state index is 12.8. The molecule has 0 aliphatic carbocycles. The fourth-order valence-electron chi connectivity index (χ4n) is 3.64. The minimum absolute atomic E-state index is 0.0420. The van der Waals surface area contributed by atoms with Crippen LogP contribution in [0.15, 0.2) is 28.7 Å². The third kappa shape index (κ3) is 4.06. The number of amides is 1. The molecule has 0 bridgehead atoms. The molecule has 2 heterocycles. The van der Waals surface area contributed by atoms with Crippen molar-refractivity contribution >= 4 is 32.7 Å². The zero-order chi connectivity index (χ0) is 20.5. The van der Waals surface area contributed by atoms with Gasteiger partial charge in [0.05, 0.1) is 11.5 Å². The molecule has 2 atom stereocenters. The van der Waals surface area contributed by atoms with Crippen LogP contribution >= 0.6 is 0 Å².